The van der Waals surface area contributed by atoms with Gasteiger partial charge in [0, 0.05) is 30.0 Å². The molecule has 1 fully saturated rings. The molecule has 1 N–H and O–H groups in total. The second-order valence-corrected chi connectivity index (χ2v) is 6.21. The van der Waals surface area contributed by atoms with Gasteiger partial charge in [-0.05, 0) is 38.8 Å². The van der Waals surface area contributed by atoms with Crippen LogP contribution in [0.4, 0.5) is 6.01 Å². The Bertz CT molecular complexity index is 709. The quantitative estimate of drug-likeness (QED) is 0.882. The van der Waals surface area contributed by atoms with Crippen LogP contribution in [-0.2, 0) is 13.0 Å². The van der Waals surface area contributed by atoms with E-state index in [0.29, 0.717) is 25.1 Å². The third kappa shape index (κ3) is 2.98. The minimum Gasteiger partial charge on any atom is -0.494 e. The summed E-state index contributed by atoms with van der Waals surface area (Å²) in [5.41, 5.74) is 2.24. The highest BCUT2D eigenvalue weighted by Crippen LogP contribution is 2.39. The summed E-state index contributed by atoms with van der Waals surface area (Å²) >= 11 is 0. The summed E-state index contributed by atoms with van der Waals surface area (Å²) in [6, 6.07) is 4.60. The van der Waals surface area contributed by atoms with Crippen LogP contribution in [0.15, 0.2) is 16.5 Å². The average Bonchev–Trinajstić information content (AvgIpc) is 3.16. The van der Waals surface area contributed by atoms with Crippen LogP contribution in [0.1, 0.15) is 49.6 Å². The van der Waals surface area contributed by atoms with Crippen LogP contribution in [0.25, 0.3) is 0 Å². The van der Waals surface area contributed by atoms with Crippen molar-refractivity contribution in [3.8, 4) is 11.5 Å². The van der Waals surface area contributed by atoms with Crippen molar-refractivity contribution >= 4 is 6.01 Å². The minimum atomic E-state index is 0.222. The lowest BCUT2D eigenvalue weighted by atomic mass is 10.1. The fourth-order valence-electron chi connectivity index (χ4n) is 2.88. The smallest absolute Gasteiger partial charge is 0.315 e. The molecule has 0 saturated heterocycles. The molecule has 1 aliphatic heterocycles. The van der Waals surface area contributed by atoms with Gasteiger partial charge in [0.1, 0.15) is 17.6 Å². The number of hydrogen-bond acceptors (Lipinski definition) is 6. The van der Waals surface area contributed by atoms with Crippen LogP contribution in [0.3, 0.4) is 0 Å². The summed E-state index contributed by atoms with van der Waals surface area (Å²) in [6.07, 6.45) is 3.45. The highest BCUT2D eigenvalue weighted by Gasteiger charge is 2.29. The maximum absolute atomic E-state index is 5.84. The topological polar surface area (TPSA) is 69.4 Å². The zero-order valence-corrected chi connectivity index (χ0v) is 13.5. The summed E-state index contributed by atoms with van der Waals surface area (Å²) in [7, 11) is 0. The van der Waals surface area contributed by atoms with Gasteiger partial charge in [0.15, 0.2) is 0 Å². The van der Waals surface area contributed by atoms with Gasteiger partial charge in [-0.25, -0.2) is 0 Å². The fraction of sp³-hybridized carbons (Fsp3) is 0.529. The molecule has 1 aromatic carbocycles. The molecule has 23 heavy (non-hydrogen) atoms. The molecule has 0 amide bonds. The normalized spacial score (nSPS) is 19.3. The number of benzene rings is 1. The van der Waals surface area contributed by atoms with Crippen molar-refractivity contribution in [2.45, 2.75) is 51.7 Å². The van der Waals surface area contributed by atoms with Gasteiger partial charge in [-0.15, -0.1) is 5.10 Å². The van der Waals surface area contributed by atoms with Gasteiger partial charge in [-0.1, -0.05) is 5.10 Å². The number of aromatic nitrogens is 2. The van der Waals surface area contributed by atoms with Crippen LogP contribution < -0.4 is 14.8 Å². The van der Waals surface area contributed by atoms with E-state index in [4.69, 9.17) is 13.9 Å². The highest BCUT2D eigenvalue weighted by molar-refractivity contribution is 5.49. The first-order valence-corrected chi connectivity index (χ1v) is 8.25. The van der Waals surface area contributed by atoms with Crippen LogP contribution in [0, 0.1) is 0 Å². The maximum Gasteiger partial charge on any atom is 0.315 e. The van der Waals surface area contributed by atoms with E-state index >= 15 is 0 Å². The molecule has 2 aliphatic rings. The number of ether oxygens (including phenoxy) is 2. The molecule has 0 bridgehead atoms. The molecule has 1 aromatic heterocycles. The predicted octanol–water partition coefficient (Wildman–Crippen LogP) is 3.28. The monoisotopic (exact) mass is 315 g/mol. The molecule has 6 nitrogen and oxygen atoms in total. The molecule has 0 radical (unpaired) electrons. The van der Waals surface area contributed by atoms with Crippen LogP contribution in [-0.4, -0.2) is 22.9 Å². The van der Waals surface area contributed by atoms with Crippen molar-refractivity contribution in [3.05, 3.63) is 29.2 Å². The standard InChI is InChI=1S/C17H21N3O3/c1-3-21-14-7-12-6-10(2)22-15(12)8-13(14)9-18-17-20-19-16(23-17)11-4-5-11/h7-8,10-11H,3-6,9H2,1-2H3,(H,18,20). The van der Waals surface area contributed by atoms with Crippen molar-refractivity contribution in [2.75, 3.05) is 11.9 Å². The molecule has 1 aliphatic carbocycles. The van der Waals surface area contributed by atoms with Crippen LogP contribution >= 0.6 is 0 Å². The molecule has 2 aromatic rings. The molecule has 6 heteroatoms. The lowest BCUT2D eigenvalue weighted by molar-refractivity contribution is 0.254. The summed E-state index contributed by atoms with van der Waals surface area (Å²) < 4.78 is 17.3. The SMILES string of the molecule is CCOc1cc2c(cc1CNc1nnc(C3CC3)o1)OC(C)C2. The van der Waals surface area contributed by atoms with E-state index in [1.54, 1.807) is 0 Å². The molecule has 1 atom stereocenters. The predicted molar refractivity (Wildman–Crippen MR) is 85.0 cm³/mol. The van der Waals surface area contributed by atoms with Gasteiger partial charge >= 0.3 is 6.01 Å². The van der Waals surface area contributed by atoms with E-state index < -0.39 is 0 Å². The number of nitrogens with zero attached hydrogens (tertiary/aromatic N) is 2. The van der Waals surface area contributed by atoms with Gasteiger partial charge < -0.3 is 19.2 Å². The summed E-state index contributed by atoms with van der Waals surface area (Å²) in [5.74, 6) is 3.04. The number of fused-ring (bicyclic) bond motifs is 1. The van der Waals surface area contributed by atoms with Crippen molar-refractivity contribution < 1.29 is 13.9 Å². The van der Waals surface area contributed by atoms with E-state index in [1.165, 1.54) is 5.56 Å². The number of rotatable bonds is 6. The first kappa shape index (κ1) is 14.4. The summed E-state index contributed by atoms with van der Waals surface area (Å²) in [6.45, 7) is 5.26. The Labute approximate surface area is 135 Å². The van der Waals surface area contributed by atoms with E-state index in [0.717, 1.165) is 42.2 Å². The summed E-state index contributed by atoms with van der Waals surface area (Å²) in [4.78, 5) is 0. The Hall–Kier alpha value is -2.24. The van der Waals surface area contributed by atoms with Gasteiger partial charge in [0.25, 0.3) is 0 Å². The Balaban J connectivity index is 1.51. The molecule has 1 unspecified atom stereocenters. The number of anilines is 1. The van der Waals surface area contributed by atoms with E-state index in [2.05, 4.69) is 34.6 Å². The van der Waals surface area contributed by atoms with E-state index in [-0.39, 0.29) is 6.10 Å². The molecule has 122 valence electrons. The second kappa shape index (κ2) is 5.76. The third-order valence-corrected chi connectivity index (χ3v) is 4.18. The Kier molecular flexibility index (Phi) is 3.59. The lowest BCUT2D eigenvalue weighted by Crippen LogP contribution is -2.05. The Morgan fingerprint density at radius 3 is 2.96 bits per heavy atom. The zero-order chi connectivity index (χ0) is 15.8. The second-order valence-electron chi connectivity index (χ2n) is 6.21. The Morgan fingerprint density at radius 1 is 1.30 bits per heavy atom. The van der Waals surface area contributed by atoms with Crippen LogP contribution in [0.5, 0.6) is 11.5 Å². The molecule has 0 spiro atoms. The van der Waals surface area contributed by atoms with Crippen molar-refractivity contribution in [3.63, 3.8) is 0 Å². The maximum atomic E-state index is 5.84. The van der Waals surface area contributed by atoms with Crippen molar-refractivity contribution in [1.29, 1.82) is 0 Å². The van der Waals surface area contributed by atoms with Gasteiger partial charge in [-0.2, -0.15) is 0 Å². The highest BCUT2D eigenvalue weighted by atomic mass is 16.5. The van der Waals surface area contributed by atoms with Gasteiger partial charge in [0.05, 0.1) is 6.61 Å². The summed E-state index contributed by atoms with van der Waals surface area (Å²) in [5, 5.41) is 11.3. The van der Waals surface area contributed by atoms with E-state index in [1.807, 2.05) is 6.92 Å². The molecule has 4 rings (SSSR count). The van der Waals surface area contributed by atoms with Crippen molar-refractivity contribution in [1.82, 2.24) is 10.2 Å². The lowest BCUT2D eigenvalue weighted by Gasteiger charge is -2.12. The minimum absolute atomic E-state index is 0.222. The molecular weight excluding hydrogens is 294 g/mol. The zero-order valence-electron chi connectivity index (χ0n) is 13.5. The largest absolute Gasteiger partial charge is 0.494 e. The van der Waals surface area contributed by atoms with E-state index in [9.17, 15) is 0 Å². The first-order valence-electron chi connectivity index (χ1n) is 8.25. The fourth-order valence-corrected chi connectivity index (χ4v) is 2.88. The number of hydrogen-bond donors (Lipinski definition) is 1. The number of nitrogens with one attached hydrogen (secondary N) is 1. The van der Waals surface area contributed by atoms with Gasteiger partial charge in [-0.3, -0.25) is 0 Å². The van der Waals surface area contributed by atoms with Crippen molar-refractivity contribution in [2.24, 2.45) is 0 Å². The van der Waals surface area contributed by atoms with Gasteiger partial charge in [0.2, 0.25) is 5.89 Å². The molecule has 1 saturated carbocycles. The van der Waals surface area contributed by atoms with Crippen LogP contribution in [0.2, 0.25) is 0 Å². The first-order chi connectivity index (χ1) is 11.2. The average molecular weight is 315 g/mol. The molecule has 2 heterocycles. The third-order valence-electron chi connectivity index (χ3n) is 4.18. The molecular formula is C17H21N3O3. The Morgan fingerprint density at radius 2 is 2.17 bits per heavy atom.